The number of rotatable bonds is 8. The van der Waals surface area contributed by atoms with Crippen molar-refractivity contribution in [2.75, 3.05) is 4.90 Å². The van der Waals surface area contributed by atoms with E-state index >= 15 is 0 Å². The number of hydrogen-bond acceptors (Lipinski definition) is 1. The molecule has 0 saturated carbocycles. The quantitative estimate of drug-likeness (QED) is 0.154. The Bertz CT molecular complexity index is 3000. The maximum Gasteiger partial charge on any atom is 0.0629 e. The van der Waals surface area contributed by atoms with Gasteiger partial charge in [-0.3, -0.25) is 0 Å². The Morgan fingerprint density at radius 2 is 0.717 bits per heavy atom. The molecule has 0 unspecified atom stereocenters. The van der Waals surface area contributed by atoms with Crippen LogP contribution in [-0.2, 0) is 0 Å². The number of nitrogens with zero attached hydrogens (tertiary/aromatic N) is 1. The molecule has 0 aliphatic heterocycles. The van der Waals surface area contributed by atoms with E-state index in [4.69, 9.17) is 9.60 Å². The lowest BCUT2D eigenvalue weighted by atomic mass is 9.91. The van der Waals surface area contributed by atoms with Crippen LogP contribution >= 0.6 is 0 Å². The third-order valence-corrected chi connectivity index (χ3v) is 9.61. The molecule has 0 spiro atoms. The first kappa shape index (κ1) is 25.1. The van der Waals surface area contributed by atoms with Crippen LogP contribution in [0, 0.1) is 0 Å². The predicted octanol–water partition coefficient (Wildman–Crippen LogP) is 14.6. The van der Waals surface area contributed by atoms with Gasteiger partial charge < -0.3 is 4.90 Å². The molecule has 1 heteroatoms. The van der Waals surface area contributed by atoms with Crippen LogP contribution in [0.15, 0.2) is 224 Å². The van der Waals surface area contributed by atoms with Gasteiger partial charge in [-0.25, -0.2) is 0 Å². The van der Waals surface area contributed by atoms with Crippen molar-refractivity contribution in [3.05, 3.63) is 224 Å². The molecule has 9 rings (SSSR count). The highest BCUT2D eigenvalue weighted by molar-refractivity contribution is 5.97. The summed E-state index contributed by atoms with van der Waals surface area (Å²) in [6.45, 7) is 0. The van der Waals surface area contributed by atoms with Crippen molar-refractivity contribution in [2.24, 2.45) is 0 Å². The van der Waals surface area contributed by atoms with Crippen LogP contribution < -0.4 is 4.90 Å². The van der Waals surface area contributed by atoms with Gasteiger partial charge in [-0.2, -0.15) is 0 Å². The summed E-state index contributed by atoms with van der Waals surface area (Å²) < 4.78 is 59.9. The molecule has 0 N–H and O–H groups in total. The summed E-state index contributed by atoms with van der Waals surface area (Å²) in [4.78, 5) is 2.14. The summed E-state index contributed by atoms with van der Waals surface area (Å²) in [5.74, 6) is 0. The molecule has 0 aliphatic carbocycles. The minimum Gasteiger partial charge on any atom is -0.311 e. The molecule has 250 valence electrons. The average Bonchev–Trinajstić information content (AvgIpc) is 3.31. The second-order valence-corrected chi connectivity index (χ2v) is 12.8. The topological polar surface area (TPSA) is 3.24 Å². The van der Waals surface area contributed by atoms with E-state index in [0.29, 0.717) is 5.56 Å². The highest BCUT2D eigenvalue weighted by atomic mass is 15.1. The molecule has 0 bridgehead atoms. The van der Waals surface area contributed by atoms with Gasteiger partial charge in [-0.05, 0) is 109 Å². The fourth-order valence-corrected chi connectivity index (χ4v) is 6.94. The first-order valence-electron chi connectivity index (χ1n) is 21.1. The molecular formula is C52H37N. The van der Waals surface area contributed by atoms with E-state index in [1.165, 1.54) is 0 Å². The number of hydrogen-bond donors (Lipinski definition) is 0. The van der Waals surface area contributed by atoms with E-state index in [9.17, 15) is 0 Å². The molecular weight excluding hydrogens is 639 g/mol. The Morgan fingerprint density at radius 3 is 1.30 bits per heavy atom. The molecule has 0 aromatic heterocycles. The summed E-state index contributed by atoms with van der Waals surface area (Å²) in [6.07, 6.45) is 0. The number of benzene rings is 9. The molecule has 0 atom stereocenters. The average molecular weight is 683 g/mol. The molecule has 0 radical (unpaired) electrons. The Labute approximate surface area is 321 Å². The molecule has 0 amide bonds. The van der Waals surface area contributed by atoms with E-state index < -0.39 is 18.1 Å². The summed E-state index contributed by atoms with van der Waals surface area (Å²) in [5.41, 5.74) is 12.3. The highest BCUT2D eigenvalue weighted by Crippen LogP contribution is 2.40. The summed E-state index contributed by atoms with van der Waals surface area (Å²) in [7, 11) is 0. The van der Waals surface area contributed by atoms with Crippen LogP contribution in [0.2, 0.25) is 0 Å². The van der Waals surface area contributed by atoms with Crippen LogP contribution in [0.25, 0.3) is 66.4 Å². The Hall–Kier alpha value is -6.96. The first-order chi connectivity index (χ1) is 29.2. The largest absolute Gasteiger partial charge is 0.311 e. The van der Waals surface area contributed by atoms with Crippen molar-refractivity contribution in [3.8, 4) is 55.6 Å². The number of fused-ring (bicyclic) bond motifs is 1. The minimum absolute atomic E-state index is 0.0631. The van der Waals surface area contributed by atoms with E-state index in [2.05, 4.69) is 132 Å². The fourth-order valence-electron chi connectivity index (χ4n) is 6.94. The maximum atomic E-state index is 8.88. The second-order valence-electron chi connectivity index (χ2n) is 12.8. The predicted molar refractivity (Wildman–Crippen MR) is 226 cm³/mol. The Kier molecular flexibility index (Phi) is 6.78. The normalized spacial score (nSPS) is 12.9. The van der Waals surface area contributed by atoms with Crippen LogP contribution in [0.5, 0.6) is 0 Å². The lowest BCUT2D eigenvalue weighted by Crippen LogP contribution is -2.09. The van der Waals surface area contributed by atoms with Crippen LogP contribution in [0.4, 0.5) is 17.1 Å². The van der Waals surface area contributed by atoms with E-state index in [1.54, 1.807) is 0 Å². The van der Waals surface area contributed by atoms with Crippen LogP contribution in [-0.4, -0.2) is 0 Å². The lowest BCUT2D eigenvalue weighted by Gasteiger charge is -2.26. The lowest BCUT2D eigenvalue weighted by molar-refractivity contribution is 1.28. The van der Waals surface area contributed by atoms with E-state index in [-0.39, 0.29) is 40.5 Å². The van der Waals surface area contributed by atoms with Crippen LogP contribution in [0.1, 0.15) is 9.60 Å². The summed E-state index contributed by atoms with van der Waals surface area (Å²) in [5, 5.41) is 0.00260. The standard InChI is InChI=1S/C52H37N/c1-4-13-38(14-5-1)39-23-30-46(31-24-39)53(48-34-27-44(28-35-48)50-22-12-20-42-19-10-11-21-49(42)50)47-32-25-40(26-33-47)45-29-36-51(41-15-6-2-7-16-41)52(37-45)43-17-8-3-9-18-43/h1-37H/i10D,11D,12D,19D,20D,21D,22D. The summed E-state index contributed by atoms with van der Waals surface area (Å²) >= 11 is 0. The van der Waals surface area contributed by atoms with Crippen molar-refractivity contribution in [1.82, 2.24) is 0 Å². The van der Waals surface area contributed by atoms with Gasteiger partial charge >= 0.3 is 0 Å². The molecule has 9 aromatic rings. The van der Waals surface area contributed by atoms with Crippen molar-refractivity contribution in [3.63, 3.8) is 0 Å². The smallest absolute Gasteiger partial charge is 0.0629 e. The van der Waals surface area contributed by atoms with Gasteiger partial charge in [0.15, 0.2) is 0 Å². The zero-order valence-electron chi connectivity index (χ0n) is 35.8. The fraction of sp³-hybridized carbons (Fsp3) is 0. The maximum absolute atomic E-state index is 8.88. The molecule has 53 heavy (non-hydrogen) atoms. The van der Waals surface area contributed by atoms with Gasteiger partial charge in [0.25, 0.3) is 0 Å². The molecule has 0 aliphatic rings. The molecule has 1 nitrogen and oxygen atoms in total. The van der Waals surface area contributed by atoms with Gasteiger partial charge in [0.1, 0.15) is 0 Å². The van der Waals surface area contributed by atoms with Gasteiger partial charge in [0, 0.05) is 17.1 Å². The monoisotopic (exact) mass is 682 g/mol. The van der Waals surface area contributed by atoms with Gasteiger partial charge in [0.2, 0.25) is 0 Å². The first-order valence-corrected chi connectivity index (χ1v) is 17.6. The van der Waals surface area contributed by atoms with Crippen molar-refractivity contribution >= 4 is 27.8 Å². The zero-order chi connectivity index (χ0) is 41.5. The zero-order valence-corrected chi connectivity index (χ0v) is 28.8. The highest BCUT2D eigenvalue weighted by Gasteiger charge is 2.15. The third-order valence-electron chi connectivity index (χ3n) is 9.61. The van der Waals surface area contributed by atoms with Crippen molar-refractivity contribution in [1.29, 1.82) is 0 Å². The van der Waals surface area contributed by atoms with E-state index in [1.807, 2.05) is 54.6 Å². The van der Waals surface area contributed by atoms with Crippen LogP contribution in [0.3, 0.4) is 0 Å². The van der Waals surface area contributed by atoms with Gasteiger partial charge in [-0.1, -0.05) is 182 Å². The molecule has 0 heterocycles. The molecule has 0 fully saturated rings. The SMILES string of the molecule is [2H]c1c([2H])c([2H])c2c(-c3ccc(N(c4ccc(-c5ccccc5)cc4)c4ccc(-c5ccc(-c6ccccc6)c(-c6ccccc6)c5)cc4)cc3)c([2H])c([2H])c([2H])c2c1[2H]. The Balaban J connectivity index is 1.14. The van der Waals surface area contributed by atoms with Crippen molar-refractivity contribution < 1.29 is 9.60 Å². The molecule has 0 saturated heterocycles. The van der Waals surface area contributed by atoms with Gasteiger partial charge in [0.05, 0.1) is 9.60 Å². The van der Waals surface area contributed by atoms with E-state index in [0.717, 1.165) is 61.6 Å². The second kappa shape index (κ2) is 14.3. The Morgan fingerprint density at radius 1 is 0.302 bits per heavy atom. The van der Waals surface area contributed by atoms with Crippen molar-refractivity contribution in [2.45, 2.75) is 0 Å². The van der Waals surface area contributed by atoms with Gasteiger partial charge in [-0.15, -0.1) is 0 Å². The minimum atomic E-state index is -0.472. The number of anilines is 3. The summed E-state index contributed by atoms with van der Waals surface area (Å²) in [6, 6.07) is 59.3. The molecule has 9 aromatic carbocycles. The third kappa shape index (κ3) is 6.53.